The third-order valence-electron chi connectivity index (χ3n) is 5.51. The molecule has 1 amide bonds. The van der Waals surface area contributed by atoms with E-state index in [1.807, 2.05) is 47.4 Å². The predicted molar refractivity (Wildman–Crippen MR) is 112 cm³/mol. The molecule has 0 spiro atoms. The number of rotatable bonds is 5. The number of aromatic nitrogens is 2. The predicted octanol–water partition coefficient (Wildman–Crippen LogP) is 3.76. The van der Waals surface area contributed by atoms with Crippen molar-refractivity contribution in [1.82, 2.24) is 20.2 Å². The van der Waals surface area contributed by atoms with Crippen molar-refractivity contribution in [2.24, 2.45) is 5.92 Å². The second-order valence-corrected chi connectivity index (χ2v) is 7.35. The van der Waals surface area contributed by atoms with Crippen molar-refractivity contribution in [1.29, 1.82) is 0 Å². The summed E-state index contributed by atoms with van der Waals surface area (Å²) in [7, 11) is 0. The van der Waals surface area contributed by atoms with Gasteiger partial charge in [0.25, 0.3) is 5.91 Å². The van der Waals surface area contributed by atoms with E-state index in [9.17, 15) is 4.79 Å². The van der Waals surface area contributed by atoms with Crippen LogP contribution in [0.1, 0.15) is 30.1 Å². The average Bonchev–Trinajstić information content (AvgIpc) is 2.77. The molecule has 1 N–H and O–H groups in total. The number of carbonyl (C=O) groups is 1. The van der Waals surface area contributed by atoms with Crippen molar-refractivity contribution in [3.8, 4) is 11.3 Å². The Labute approximate surface area is 165 Å². The van der Waals surface area contributed by atoms with Gasteiger partial charge < -0.3 is 10.2 Å². The van der Waals surface area contributed by atoms with Crippen LogP contribution in [0.3, 0.4) is 0 Å². The van der Waals surface area contributed by atoms with E-state index in [1.54, 1.807) is 12.4 Å². The average molecular weight is 374 g/mol. The normalized spacial score (nSPS) is 15.1. The lowest BCUT2D eigenvalue weighted by Gasteiger charge is -2.32. The van der Waals surface area contributed by atoms with Crippen LogP contribution in [0.4, 0.5) is 0 Å². The van der Waals surface area contributed by atoms with Crippen LogP contribution in [0.15, 0.2) is 54.9 Å². The first kappa shape index (κ1) is 18.6. The molecule has 3 aromatic rings. The highest BCUT2D eigenvalue weighted by Crippen LogP contribution is 2.27. The maximum absolute atomic E-state index is 13.4. The van der Waals surface area contributed by atoms with Gasteiger partial charge in [0.05, 0.1) is 16.8 Å². The van der Waals surface area contributed by atoms with Crippen LogP contribution in [0.5, 0.6) is 0 Å². The van der Waals surface area contributed by atoms with E-state index in [-0.39, 0.29) is 5.91 Å². The molecule has 0 radical (unpaired) electrons. The monoisotopic (exact) mass is 374 g/mol. The van der Waals surface area contributed by atoms with Gasteiger partial charge in [-0.05, 0) is 56.1 Å². The number of nitrogens with zero attached hydrogens (tertiary/aromatic N) is 3. The van der Waals surface area contributed by atoms with E-state index in [2.05, 4.69) is 17.2 Å². The first-order chi connectivity index (χ1) is 13.8. The molecular weight excluding hydrogens is 348 g/mol. The first-order valence-corrected chi connectivity index (χ1v) is 10.1. The molecule has 4 rings (SSSR count). The van der Waals surface area contributed by atoms with Crippen molar-refractivity contribution >= 4 is 16.8 Å². The summed E-state index contributed by atoms with van der Waals surface area (Å²) < 4.78 is 0. The van der Waals surface area contributed by atoms with E-state index < -0.39 is 0 Å². The molecule has 0 saturated carbocycles. The number of pyridine rings is 2. The van der Waals surface area contributed by atoms with Gasteiger partial charge in [0, 0.05) is 36.4 Å². The topological polar surface area (TPSA) is 58.1 Å². The van der Waals surface area contributed by atoms with Crippen molar-refractivity contribution in [2.75, 3.05) is 26.2 Å². The summed E-state index contributed by atoms with van der Waals surface area (Å²) in [6.45, 7) is 5.81. The minimum Gasteiger partial charge on any atom is -0.339 e. The summed E-state index contributed by atoms with van der Waals surface area (Å²) in [5.74, 6) is 0.765. The molecule has 144 valence electrons. The highest BCUT2D eigenvalue weighted by molar-refractivity contribution is 6.07. The standard InChI is InChI=1S/C23H26N4O/c1-2-24-16-17-9-13-27(14-10-17)23(28)20-15-22(18-7-11-25-12-8-18)26-21-6-4-3-5-19(20)21/h3-8,11-12,15,17,24H,2,9-10,13-14,16H2,1H3. The molecule has 28 heavy (non-hydrogen) atoms. The van der Waals surface area contributed by atoms with Crippen LogP contribution in [-0.4, -0.2) is 47.0 Å². The molecule has 2 aromatic heterocycles. The number of amides is 1. The third kappa shape index (κ3) is 3.90. The van der Waals surface area contributed by atoms with Crippen LogP contribution in [0.2, 0.25) is 0 Å². The van der Waals surface area contributed by atoms with E-state index in [1.165, 1.54) is 0 Å². The molecule has 5 heteroatoms. The highest BCUT2D eigenvalue weighted by atomic mass is 16.2. The number of carbonyl (C=O) groups excluding carboxylic acids is 1. The van der Waals surface area contributed by atoms with Crippen molar-refractivity contribution in [3.63, 3.8) is 0 Å². The SMILES string of the molecule is CCNCC1CCN(C(=O)c2cc(-c3ccncc3)nc3ccccc23)CC1. The quantitative estimate of drug-likeness (QED) is 0.739. The maximum atomic E-state index is 13.4. The smallest absolute Gasteiger partial charge is 0.254 e. The van der Waals surface area contributed by atoms with Gasteiger partial charge in [0.1, 0.15) is 0 Å². The Kier molecular flexibility index (Phi) is 5.63. The summed E-state index contributed by atoms with van der Waals surface area (Å²) in [6.07, 6.45) is 5.61. The zero-order valence-electron chi connectivity index (χ0n) is 16.3. The molecule has 3 heterocycles. The van der Waals surface area contributed by atoms with Gasteiger partial charge in [0.15, 0.2) is 0 Å². The van der Waals surface area contributed by atoms with E-state index in [0.29, 0.717) is 5.92 Å². The molecule has 0 unspecified atom stereocenters. The number of para-hydroxylation sites is 1. The fraction of sp³-hybridized carbons (Fsp3) is 0.348. The van der Waals surface area contributed by atoms with Gasteiger partial charge >= 0.3 is 0 Å². The molecule has 1 aliphatic rings. The van der Waals surface area contributed by atoms with Crippen molar-refractivity contribution in [2.45, 2.75) is 19.8 Å². The Morgan fingerprint density at radius 2 is 1.89 bits per heavy atom. The largest absolute Gasteiger partial charge is 0.339 e. The van der Waals surface area contributed by atoms with Gasteiger partial charge in [-0.15, -0.1) is 0 Å². The minimum atomic E-state index is 0.107. The van der Waals surface area contributed by atoms with Gasteiger partial charge in [-0.2, -0.15) is 0 Å². The second-order valence-electron chi connectivity index (χ2n) is 7.35. The van der Waals surface area contributed by atoms with Crippen LogP contribution < -0.4 is 5.32 Å². The Balaban J connectivity index is 1.63. The highest BCUT2D eigenvalue weighted by Gasteiger charge is 2.25. The fourth-order valence-corrected chi connectivity index (χ4v) is 3.88. The number of benzene rings is 1. The number of piperidine rings is 1. The Bertz CT molecular complexity index is 949. The van der Waals surface area contributed by atoms with Gasteiger partial charge in [0.2, 0.25) is 0 Å². The van der Waals surface area contributed by atoms with Crippen LogP contribution in [0, 0.1) is 5.92 Å². The third-order valence-corrected chi connectivity index (χ3v) is 5.51. The number of hydrogen-bond acceptors (Lipinski definition) is 4. The van der Waals surface area contributed by atoms with Crippen LogP contribution in [-0.2, 0) is 0 Å². The van der Waals surface area contributed by atoms with Gasteiger partial charge in [-0.1, -0.05) is 25.1 Å². The Hall–Kier alpha value is -2.79. The summed E-state index contributed by atoms with van der Waals surface area (Å²) in [6, 6.07) is 13.7. The maximum Gasteiger partial charge on any atom is 0.254 e. The molecule has 0 bridgehead atoms. The van der Waals surface area contributed by atoms with Crippen LogP contribution in [0.25, 0.3) is 22.2 Å². The van der Waals surface area contributed by atoms with E-state index in [0.717, 1.165) is 66.7 Å². The summed E-state index contributed by atoms with van der Waals surface area (Å²) >= 11 is 0. The lowest BCUT2D eigenvalue weighted by molar-refractivity contribution is 0.0692. The number of fused-ring (bicyclic) bond motifs is 1. The lowest BCUT2D eigenvalue weighted by atomic mass is 9.95. The van der Waals surface area contributed by atoms with Gasteiger partial charge in [-0.3, -0.25) is 9.78 Å². The number of hydrogen-bond donors (Lipinski definition) is 1. The summed E-state index contributed by atoms with van der Waals surface area (Å²) in [4.78, 5) is 24.2. The second kappa shape index (κ2) is 8.48. The Morgan fingerprint density at radius 1 is 1.14 bits per heavy atom. The Morgan fingerprint density at radius 3 is 2.64 bits per heavy atom. The van der Waals surface area contributed by atoms with Crippen molar-refractivity contribution in [3.05, 3.63) is 60.4 Å². The molecule has 0 aliphatic carbocycles. The van der Waals surface area contributed by atoms with E-state index in [4.69, 9.17) is 4.98 Å². The van der Waals surface area contributed by atoms with Crippen molar-refractivity contribution < 1.29 is 4.79 Å². The molecular formula is C23H26N4O. The van der Waals surface area contributed by atoms with E-state index >= 15 is 0 Å². The zero-order valence-corrected chi connectivity index (χ0v) is 16.3. The lowest BCUT2D eigenvalue weighted by Crippen LogP contribution is -2.40. The van der Waals surface area contributed by atoms with Crippen LogP contribution >= 0.6 is 0 Å². The molecule has 5 nitrogen and oxygen atoms in total. The molecule has 0 atom stereocenters. The first-order valence-electron chi connectivity index (χ1n) is 10.1. The number of likely N-dealkylation sites (tertiary alicyclic amines) is 1. The summed E-state index contributed by atoms with van der Waals surface area (Å²) in [5.41, 5.74) is 3.37. The molecule has 1 aliphatic heterocycles. The molecule has 1 saturated heterocycles. The van der Waals surface area contributed by atoms with Gasteiger partial charge in [-0.25, -0.2) is 4.98 Å². The minimum absolute atomic E-state index is 0.107. The molecule has 1 aromatic carbocycles. The molecule has 1 fully saturated rings. The number of nitrogens with one attached hydrogen (secondary N) is 1. The zero-order chi connectivity index (χ0) is 19.3. The fourth-order valence-electron chi connectivity index (χ4n) is 3.88. The summed E-state index contributed by atoms with van der Waals surface area (Å²) in [5, 5.41) is 4.34.